The zero-order chi connectivity index (χ0) is 12.3. The van der Waals surface area contributed by atoms with Gasteiger partial charge in [0.25, 0.3) is 0 Å². The zero-order valence-corrected chi connectivity index (χ0v) is 10.5. The Bertz CT molecular complexity index is 394. The van der Waals surface area contributed by atoms with Gasteiger partial charge < -0.3 is 9.47 Å². The summed E-state index contributed by atoms with van der Waals surface area (Å²) in [6.45, 7) is 7.42. The number of ether oxygens (including phenoxy) is 2. The van der Waals surface area contributed by atoms with E-state index in [9.17, 15) is 4.79 Å². The average molecular weight is 222 g/mol. The molecule has 1 rings (SSSR count). The van der Waals surface area contributed by atoms with Crippen LogP contribution in [-0.2, 0) is 9.53 Å². The van der Waals surface area contributed by atoms with E-state index in [1.807, 2.05) is 32.0 Å². The van der Waals surface area contributed by atoms with Crippen LogP contribution in [0.5, 0.6) is 5.75 Å². The lowest BCUT2D eigenvalue weighted by molar-refractivity contribution is -0.156. The first-order chi connectivity index (χ1) is 7.36. The summed E-state index contributed by atoms with van der Waals surface area (Å²) in [6.07, 6.45) is 0. The topological polar surface area (TPSA) is 35.5 Å². The largest absolute Gasteiger partial charge is 0.476 e. The second-order valence-corrected chi connectivity index (χ2v) is 4.35. The van der Waals surface area contributed by atoms with Crippen molar-refractivity contribution in [2.24, 2.45) is 0 Å². The highest BCUT2D eigenvalue weighted by Crippen LogP contribution is 2.22. The molecule has 0 aromatic heterocycles. The quantitative estimate of drug-likeness (QED) is 0.737. The molecule has 0 saturated heterocycles. The predicted octanol–water partition coefficient (Wildman–Crippen LogP) is 2.63. The average Bonchev–Trinajstić information content (AvgIpc) is 2.22. The maximum absolute atomic E-state index is 11.4. The lowest BCUT2D eigenvalue weighted by Gasteiger charge is -2.23. The predicted molar refractivity (Wildman–Crippen MR) is 62.6 cm³/mol. The van der Waals surface area contributed by atoms with Crippen LogP contribution in [0, 0.1) is 13.8 Å². The molecule has 88 valence electrons. The molecule has 3 heteroatoms. The van der Waals surface area contributed by atoms with E-state index in [2.05, 4.69) is 4.74 Å². The lowest BCUT2D eigenvalue weighted by Crippen LogP contribution is -2.39. The van der Waals surface area contributed by atoms with E-state index in [-0.39, 0.29) is 5.97 Å². The third-order valence-electron chi connectivity index (χ3n) is 2.53. The van der Waals surface area contributed by atoms with Gasteiger partial charge in [-0.1, -0.05) is 6.07 Å². The third kappa shape index (κ3) is 2.75. The van der Waals surface area contributed by atoms with Crippen molar-refractivity contribution in [3.05, 3.63) is 29.3 Å². The van der Waals surface area contributed by atoms with Crippen molar-refractivity contribution in [3.8, 4) is 5.75 Å². The summed E-state index contributed by atoms with van der Waals surface area (Å²) in [4.78, 5) is 11.4. The maximum atomic E-state index is 11.4. The minimum Gasteiger partial charge on any atom is -0.476 e. The smallest absolute Gasteiger partial charge is 0.349 e. The Morgan fingerprint density at radius 3 is 2.31 bits per heavy atom. The standard InChI is InChI=1S/C13H18O3/c1-9-6-7-11(8-10(9)2)16-13(3,4)12(14)15-5/h6-8H,1-5H3. The Balaban J connectivity index is 2.88. The highest BCUT2D eigenvalue weighted by molar-refractivity contribution is 5.78. The maximum Gasteiger partial charge on any atom is 0.349 e. The van der Waals surface area contributed by atoms with Gasteiger partial charge in [0.05, 0.1) is 7.11 Å². The minimum absolute atomic E-state index is 0.384. The van der Waals surface area contributed by atoms with E-state index in [1.165, 1.54) is 12.7 Å². The molecule has 0 atom stereocenters. The summed E-state index contributed by atoms with van der Waals surface area (Å²) in [5.41, 5.74) is 1.37. The molecule has 1 aromatic carbocycles. The van der Waals surface area contributed by atoms with Crippen LogP contribution in [0.3, 0.4) is 0 Å². The molecule has 0 aliphatic carbocycles. The van der Waals surface area contributed by atoms with Gasteiger partial charge >= 0.3 is 5.97 Å². The Morgan fingerprint density at radius 1 is 1.19 bits per heavy atom. The number of benzene rings is 1. The monoisotopic (exact) mass is 222 g/mol. The number of carbonyl (C=O) groups is 1. The van der Waals surface area contributed by atoms with Crippen molar-refractivity contribution >= 4 is 5.97 Å². The zero-order valence-electron chi connectivity index (χ0n) is 10.5. The SMILES string of the molecule is COC(=O)C(C)(C)Oc1ccc(C)c(C)c1. The van der Waals surface area contributed by atoms with E-state index >= 15 is 0 Å². The first-order valence-corrected chi connectivity index (χ1v) is 5.21. The molecule has 0 spiro atoms. The van der Waals surface area contributed by atoms with Crippen LogP contribution >= 0.6 is 0 Å². The molecule has 0 aliphatic heterocycles. The summed E-state index contributed by atoms with van der Waals surface area (Å²) in [7, 11) is 1.35. The van der Waals surface area contributed by atoms with Gasteiger partial charge in [-0.2, -0.15) is 0 Å². The molecule has 0 amide bonds. The molecule has 3 nitrogen and oxygen atoms in total. The van der Waals surface area contributed by atoms with Gasteiger partial charge in [0.2, 0.25) is 0 Å². The van der Waals surface area contributed by atoms with Gasteiger partial charge in [0.15, 0.2) is 5.60 Å². The fourth-order valence-corrected chi connectivity index (χ4v) is 1.36. The van der Waals surface area contributed by atoms with Gasteiger partial charge in [-0.05, 0) is 51.0 Å². The normalized spacial score (nSPS) is 11.1. The molecular weight excluding hydrogens is 204 g/mol. The van der Waals surface area contributed by atoms with E-state index < -0.39 is 5.60 Å². The van der Waals surface area contributed by atoms with Crippen molar-refractivity contribution in [1.29, 1.82) is 0 Å². The van der Waals surface area contributed by atoms with E-state index in [4.69, 9.17) is 4.74 Å². The van der Waals surface area contributed by atoms with Crippen LogP contribution in [0.1, 0.15) is 25.0 Å². The van der Waals surface area contributed by atoms with Crippen LogP contribution < -0.4 is 4.74 Å². The van der Waals surface area contributed by atoms with Crippen LogP contribution in [0.2, 0.25) is 0 Å². The molecule has 16 heavy (non-hydrogen) atoms. The molecule has 0 N–H and O–H groups in total. The second-order valence-electron chi connectivity index (χ2n) is 4.35. The van der Waals surface area contributed by atoms with Crippen molar-refractivity contribution in [2.75, 3.05) is 7.11 Å². The molecule has 0 saturated carbocycles. The van der Waals surface area contributed by atoms with E-state index in [0.29, 0.717) is 5.75 Å². The lowest BCUT2D eigenvalue weighted by atomic mass is 10.1. The summed E-state index contributed by atoms with van der Waals surface area (Å²) in [6, 6.07) is 5.74. The number of rotatable bonds is 3. The van der Waals surface area contributed by atoms with Crippen LogP contribution in [0.25, 0.3) is 0 Å². The Morgan fingerprint density at radius 2 is 1.81 bits per heavy atom. The van der Waals surface area contributed by atoms with Gasteiger partial charge in [0.1, 0.15) is 5.75 Å². The first-order valence-electron chi connectivity index (χ1n) is 5.21. The molecular formula is C13H18O3. The molecule has 0 fully saturated rings. The van der Waals surface area contributed by atoms with Gasteiger partial charge in [-0.15, -0.1) is 0 Å². The number of methoxy groups -OCH3 is 1. The molecule has 0 aliphatic rings. The molecule has 0 radical (unpaired) electrons. The Labute approximate surface area is 96.4 Å². The van der Waals surface area contributed by atoms with Crippen molar-refractivity contribution in [1.82, 2.24) is 0 Å². The van der Waals surface area contributed by atoms with Crippen molar-refractivity contribution in [2.45, 2.75) is 33.3 Å². The van der Waals surface area contributed by atoms with Gasteiger partial charge in [-0.3, -0.25) is 0 Å². The number of hydrogen-bond donors (Lipinski definition) is 0. The fourth-order valence-electron chi connectivity index (χ4n) is 1.36. The number of aryl methyl sites for hydroxylation is 2. The van der Waals surface area contributed by atoms with E-state index in [0.717, 1.165) is 5.56 Å². The number of carbonyl (C=O) groups excluding carboxylic acids is 1. The third-order valence-corrected chi connectivity index (χ3v) is 2.53. The highest BCUT2D eigenvalue weighted by atomic mass is 16.6. The van der Waals surface area contributed by atoms with Crippen LogP contribution in [0.15, 0.2) is 18.2 Å². The summed E-state index contributed by atoms with van der Waals surface area (Å²) < 4.78 is 10.3. The molecule has 1 aromatic rings. The summed E-state index contributed by atoms with van der Waals surface area (Å²) >= 11 is 0. The number of esters is 1. The first kappa shape index (κ1) is 12.6. The molecule has 0 heterocycles. The summed E-state index contributed by atoms with van der Waals surface area (Å²) in [5.74, 6) is 0.296. The minimum atomic E-state index is -0.962. The van der Waals surface area contributed by atoms with Crippen molar-refractivity contribution in [3.63, 3.8) is 0 Å². The Kier molecular flexibility index (Phi) is 3.58. The van der Waals surface area contributed by atoms with E-state index in [1.54, 1.807) is 13.8 Å². The van der Waals surface area contributed by atoms with Gasteiger partial charge in [0, 0.05) is 0 Å². The van der Waals surface area contributed by atoms with Crippen molar-refractivity contribution < 1.29 is 14.3 Å². The highest BCUT2D eigenvalue weighted by Gasteiger charge is 2.31. The van der Waals surface area contributed by atoms with Gasteiger partial charge in [-0.25, -0.2) is 4.79 Å². The van der Waals surface area contributed by atoms with Crippen LogP contribution in [-0.4, -0.2) is 18.7 Å². The second kappa shape index (κ2) is 4.56. The molecule has 0 unspecified atom stereocenters. The molecule has 0 bridgehead atoms. The Hall–Kier alpha value is -1.51. The fraction of sp³-hybridized carbons (Fsp3) is 0.462. The van der Waals surface area contributed by atoms with Crippen LogP contribution in [0.4, 0.5) is 0 Å². The number of hydrogen-bond acceptors (Lipinski definition) is 3. The summed E-state index contributed by atoms with van der Waals surface area (Å²) in [5, 5.41) is 0.